The van der Waals surface area contributed by atoms with Crippen molar-refractivity contribution in [2.24, 2.45) is 0 Å². The van der Waals surface area contributed by atoms with Gasteiger partial charge in [-0.05, 0) is 18.6 Å². The van der Waals surface area contributed by atoms with E-state index in [4.69, 9.17) is 4.74 Å². The highest BCUT2D eigenvalue weighted by Crippen LogP contribution is 2.20. The lowest BCUT2D eigenvalue weighted by Gasteiger charge is -2.37. The predicted molar refractivity (Wildman–Crippen MR) is 71.1 cm³/mol. The van der Waals surface area contributed by atoms with Crippen molar-refractivity contribution in [2.45, 2.75) is 25.9 Å². The first-order valence-electron chi connectivity index (χ1n) is 6.31. The largest absolute Gasteiger partial charge is 0.488 e. The molecule has 18 heavy (non-hydrogen) atoms. The zero-order valence-corrected chi connectivity index (χ0v) is 11.4. The molecule has 0 aliphatic carbocycles. The summed E-state index contributed by atoms with van der Waals surface area (Å²) in [6.45, 7) is 2.94. The van der Waals surface area contributed by atoms with E-state index in [-0.39, 0.29) is 11.9 Å². The third-order valence-electron chi connectivity index (χ3n) is 3.01. The zero-order chi connectivity index (χ0) is 13.0. The summed E-state index contributed by atoms with van der Waals surface area (Å²) in [5.74, 6) is 1.05. The molecule has 1 aromatic carbocycles. The molecule has 0 radical (unpaired) electrons. The molecule has 1 aliphatic heterocycles. The van der Waals surface area contributed by atoms with Gasteiger partial charge in [-0.1, -0.05) is 31.5 Å². The van der Waals surface area contributed by atoms with Crippen molar-refractivity contribution in [2.75, 3.05) is 18.8 Å². The average molecular weight is 269 g/mol. The Hall–Kier alpha value is -1.07. The van der Waals surface area contributed by atoms with Crippen molar-refractivity contribution in [1.82, 2.24) is 4.31 Å². The van der Waals surface area contributed by atoms with Crippen molar-refractivity contribution in [3.63, 3.8) is 0 Å². The Kier molecular flexibility index (Phi) is 4.24. The van der Waals surface area contributed by atoms with Crippen LogP contribution in [0.2, 0.25) is 0 Å². The van der Waals surface area contributed by atoms with Crippen LogP contribution in [0.4, 0.5) is 0 Å². The molecule has 0 amide bonds. The van der Waals surface area contributed by atoms with E-state index in [9.17, 15) is 8.42 Å². The van der Waals surface area contributed by atoms with Gasteiger partial charge >= 0.3 is 0 Å². The maximum atomic E-state index is 11.8. The van der Waals surface area contributed by atoms with Crippen LogP contribution in [0.1, 0.15) is 19.8 Å². The number of hydrogen-bond donors (Lipinski definition) is 0. The molecule has 1 saturated heterocycles. The number of ether oxygens (including phenoxy) is 1. The normalized spacial score (nSPS) is 17.4. The van der Waals surface area contributed by atoms with Gasteiger partial charge in [0.1, 0.15) is 11.9 Å². The first kappa shape index (κ1) is 13.4. The number of unbranched alkanes of at least 4 members (excludes halogenated alkanes) is 1. The second kappa shape index (κ2) is 5.71. The third kappa shape index (κ3) is 3.23. The van der Waals surface area contributed by atoms with Gasteiger partial charge in [0.2, 0.25) is 10.0 Å². The van der Waals surface area contributed by atoms with Gasteiger partial charge in [0.15, 0.2) is 0 Å². The molecule has 0 spiro atoms. The monoisotopic (exact) mass is 269 g/mol. The van der Waals surface area contributed by atoms with Crippen molar-refractivity contribution >= 4 is 10.0 Å². The van der Waals surface area contributed by atoms with E-state index >= 15 is 0 Å². The van der Waals surface area contributed by atoms with E-state index in [1.807, 2.05) is 37.3 Å². The summed E-state index contributed by atoms with van der Waals surface area (Å²) in [5.41, 5.74) is 0. The summed E-state index contributed by atoms with van der Waals surface area (Å²) in [6.07, 6.45) is 1.61. The molecule has 0 unspecified atom stereocenters. The van der Waals surface area contributed by atoms with Crippen LogP contribution in [0.25, 0.3) is 0 Å². The molecular weight excluding hydrogens is 250 g/mol. The van der Waals surface area contributed by atoms with E-state index in [0.29, 0.717) is 13.1 Å². The fraction of sp³-hybridized carbons (Fsp3) is 0.538. The molecule has 5 heteroatoms. The van der Waals surface area contributed by atoms with Gasteiger partial charge < -0.3 is 4.74 Å². The molecule has 0 atom stereocenters. The Labute approximate surface area is 109 Å². The van der Waals surface area contributed by atoms with Gasteiger partial charge in [-0.3, -0.25) is 0 Å². The Morgan fingerprint density at radius 2 is 1.94 bits per heavy atom. The number of nitrogens with zero attached hydrogens (tertiary/aromatic N) is 1. The first-order chi connectivity index (χ1) is 8.62. The lowest BCUT2D eigenvalue weighted by atomic mass is 10.2. The fourth-order valence-corrected chi connectivity index (χ4v) is 3.55. The molecule has 100 valence electrons. The second-order valence-corrected chi connectivity index (χ2v) is 6.63. The van der Waals surface area contributed by atoms with Crippen LogP contribution in [0.5, 0.6) is 5.75 Å². The van der Waals surface area contributed by atoms with Crippen LogP contribution in [0.15, 0.2) is 30.3 Å². The highest BCUT2D eigenvalue weighted by atomic mass is 32.2. The Bertz CT molecular complexity index is 466. The molecule has 1 aliphatic rings. The highest BCUT2D eigenvalue weighted by Gasteiger charge is 2.36. The molecule has 1 aromatic rings. The van der Waals surface area contributed by atoms with Crippen LogP contribution in [-0.4, -0.2) is 37.7 Å². The number of rotatable bonds is 6. The van der Waals surface area contributed by atoms with Gasteiger partial charge in [0, 0.05) is 0 Å². The quantitative estimate of drug-likeness (QED) is 0.792. The van der Waals surface area contributed by atoms with Gasteiger partial charge in [-0.25, -0.2) is 8.42 Å². The summed E-state index contributed by atoms with van der Waals surface area (Å²) in [4.78, 5) is 0. The van der Waals surface area contributed by atoms with Gasteiger partial charge in [0.25, 0.3) is 0 Å². The maximum absolute atomic E-state index is 11.8. The maximum Gasteiger partial charge on any atom is 0.214 e. The SMILES string of the molecule is CCCCS(=O)(=O)N1CC(Oc2ccccc2)C1. The van der Waals surface area contributed by atoms with Crippen molar-refractivity contribution < 1.29 is 13.2 Å². The Morgan fingerprint density at radius 1 is 1.28 bits per heavy atom. The molecule has 0 N–H and O–H groups in total. The minimum absolute atomic E-state index is 0.0104. The molecule has 1 fully saturated rings. The second-order valence-electron chi connectivity index (χ2n) is 4.54. The van der Waals surface area contributed by atoms with Crippen molar-refractivity contribution in [3.05, 3.63) is 30.3 Å². The van der Waals surface area contributed by atoms with E-state index in [0.717, 1.165) is 18.6 Å². The number of para-hydroxylation sites is 1. The Balaban J connectivity index is 1.80. The van der Waals surface area contributed by atoms with Gasteiger partial charge in [0.05, 0.1) is 18.8 Å². The minimum Gasteiger partial charge on any atom is -0.488 e. The van der Waals surface area contributed by atoms with Crippen LogP contribution in [0, 0.1) is 0 Å². The standard InChI is InChI=1S/C13H19NO3S/c1-2-3-9-18(15,16)14-10-13(11-14)17-12-7-5-4-6-8-12/h4-8,13H,2-3,9-11H2,1H3. The summed E-state index contributed by atoms with van der Waals surface area (Å²) < 4.78 is 30.9. The van der Waals surface area contributed by atoms with E-state index in [2.05, 4.69) is 0 Å². The lowest BCUT2D eigenvalue weighted by Crippen LogP contribution is -2.56. The lowest BCUT2D eigenvalue weighted by molar-refractivity contribution is 0.0762. The van der Waals surface area contributed by atoms with Gasteiger partial charge in [-0.15, -0.1) is 0 Å². The molecule has 0 bridgehead atoms. The molecule has 0 aromatic heterocycles. The van der Waals surface area contributed by atoms with Crippen LogP contribution < -0.4 is 4.74 Å². The summed E-state index contributed by atoms with van der Waals surface area (Å²) >= 11 is 0. The predicted octanol–water partition coefficient (Wildman–Crippen LogP) is 1.88. The Morgan fingerprint density at radius 3 is 2.56 bits per heavy atom. The average Bonchev–Trinajstić information content (AvgIpc) is 2.32. The van der Waals surface area contributed by atoms with E-state index in [1.165, 1.54) is 4.31 Å². The molecular formula is C13H19NO3S. The number of sulfonamides is 1. The first-order valence-corrected chi connectivity index (χ1v) is 7.92. The summed E-state index contributed by atoms with van der Waals surface area (Å²) in [7, 11) is -3.06. The molecule has 2 rings (SSSR count). The zero-order valence-electron chi connectivity index (χ0n) is 10.6. The summed E-state index contributed by atoms with van der Waals surface area (Å²) in [6, 6.07) is 9.51. The highest BCUT2D eigenvalue weighted by molar-refractivity contribution is 7.89. The van der Waals surface area contributed by atoms with Gasteiger partial charge in [-0.2, -0.15) is 4.31 Å². The van der Waals surface area contributed by atoms with Crippen LogP contribution >= 0.6 is 0 Å². The third-order valence-corrected chi connectivity index (χ3v) is 4.90. The fourth-order valence-electron chi connectivity index (χ4n) is 1.85. The summed E-state index contributed by atoms with van der Waals surface area (Å²) in [5, 5.41) is 0. The van der Waals surface area contributed by atoms with Crippen molar-refractivity contribution in [1.29, 1.82) is 0 Å². The molecule has 1 heterocycles. The molecule has 0 saturated carbocycles. The van der Waals surface area contributed by atoms with Crippen molar-refractivity contribution in [3.8, 4) is 5.75 Å². The topological polar surface area (TPSA) is 46.6 Å². The van der Waals surface area contributed by atoms with Crippen LogP contribution in [-0.2, 0) is 10.0 Å². The number of benzene rings is 1. The van der Waals surface area contributed by atoms with E-state index < -0.39 is 10.0 Å². The minimum atomic E-state index is -3.06. The smallest absolute Gasteiger partial charge is 0.214 e. The number of hydrogen-bond acceptors (Lipinski definition) is 3. The van der Waals surface area contributed by atoms with E-state index in [1.54, 1.807) is 0 Å². The molecule has 4 nitrogen and oxygen atoms in total. The van der Waals surface area contributed by atoms with Crippen LogP contribution in [0.3, 0.4) is 0 Å².